The molecule has 1 heterocycles. The van der Waals surface area contributed by atoms with Crippen LogP contribution in [-0.4, -0.2) is 16.8 Å². The molecule has 2 rings (SSSR count). The Morgan fingerprint density at radius 3 is 2.79 bits per heavy atom. The van der Waals surface area contributed by atoms with Crippen molar-refractivity contribution in [3.63, 3.8) is 0 Å². The number of thiophene rings is 1. The quantitative estimate of drug-likeness (QED) is 0.880. The first-order chi connectivity index (χ1) is 8.89. The summed E-state index contributed by atoms with van der Waals surface area (Å²) in [6, 6.07) is 5.59. The molecule has 5 heteroatoms. The number of amides is 1. The highest BCUT2D eigenvalue weighted by atomic mass is 32.1. The van der Waals surface area contributed by atoms with E-state index in [1.807, 2.05) is 44.4 Å². The van der Waals surface area contributed by atoms with Crippen LogP contribution in [0.1, 0.15) is 26.3 Å². The summed E-state index contributed by atoms with van der Waals surface area (Å²) < 4.78 is 6.28. The molecule has 1 aromatic carbocycles. The monoisotopic (exact) mass is 279 g/mol. The molecule has 19 heavy (non-hydrogen) atoms. The first kappa shape index (κ1) is 13.8. The van der Waals surface area contributed by atoms with Crippen LogP contribution in [0.4, 0.5) is 10.5 Å². The molecule has 102 valence electrons. The first-order valence-electron chi connectivity index (χ1n) is 6.00. The van der Waals surface area contributed by atoms with E-state index < -0.39 is 11.7 Å². The highest BCUT2D eigenvalue weighted by Crippen LogP contribution is 2.28. The van der Waals surface area contributed by atoms with Gasteiger partial charge in [0.1, 0.15) is 5.60 Å². The van der Waals surface area contributed by atoms with Crippen molar-refractivity contribution >= 4 is 33.2 Å². The topological polar surface area (TPSA) is 58.6 Å². The van der Waals surface area contributed by atoms with Gasteiger partial charge < -0.3 is 9.84 Å². The fourth-order valence-electron chi connectivity index (χ4n) is 1.70. The van der Waals surface area contributed by atoms with Crippen molar-refractivity contribution in [2.24, 2.45) is 0 Å². The first-order valence-corrected chi connectivity index (χ1v) is 6.88. The second kappa shape index (κ2) is 5.19. The molecular formula is C14H17NO3S. The van der Waals surface area contributed by atoms with Gasteiger partial charge in [0.25, 0.3) is 0 Å². The van der Waals surface area contributed by atoms with Crippen LogP contribution in [0.25, 0.3) is 10.1 Å². The van der Waals surface area contributed by atoms with E-state index in [0.29, 0.717) is 5.69 Å². The lowest BCUT2D eigenvalue weighted by Gasteiger charge is -2.19. The Labute approximate surface area is 116 Å². The highest BCUT2D eigenvalue weighted by molar-refractivity contribution is 7.17. The highest BCUT2D eigenvalue weighted by Gasteiger charge is 2.16. The predicted octanol–water partition coefficient (Wildman–Crippen LogP) is 3.74. The number of nitrogens with one attached hydrogen (secondary N) is 1. The smallest absolute Gasteiger partial charge is 0.412 e. The van der Waals surface area contributed by atoms with E-state index in [1.165, 1.54) is 0 Å². The van der Waals surface area contributed by atoms with Crippen molar-refractivity contribution in [1.82, 2.24) is 0 Å². The van der Waals surface area contributed by atoms with Crippen molar-refractivity contribution in [3.8, 4) is 0 Å². The Kier molecular flexibility index (Phi) is 3.78. The number of carbonyl (C=O) groups excluding carboxylic acids is 1. The van der Waals surface area contributed by atoms with E-state index in [2.05, 4.69) is 5.32 Å². The van der Waals surface area contributed by atoms with Gasteiger partial charge in [0, 0.05) is 15.8 Å². The zero-order valence-corrected chi connectivity index (χ0v) is 12.0. The molecule has 0 radical (unpaired) electrons. The van der Waals surface area contributed by atoms with Gasteiger partial charge in [-0.25, -0.2) is 4.79 Å². The van der Waals surface area contributed by atoms with Crippen molar-refractivity contribution in [2.45, 2.75) is 33.0 Å². The maximum absolute atomic E-state index is 11.7. The lowest BCUT2D eigenvalue weighted by atomic mass is 10.1. The van der Waals surface area contributed by atoms with Gasteiger partial charge >= 0.3 is 6.09 Å². The standard InChI is InChI=1S/C14H17NO3S/c1-14(2,3)18-13(17)15-10-4-5-12-11(6-10)9(7-16)8-19-12/h4-6,8,16H,7H2,1-3H3,(H,15,17). The van der Waals surface area contributed by atoms with Crippen molar-refractivity contribution in [1.29, 1.82) is 0 Å². The average molecular weight is 279 g/mol. The van der Waals surface area contributed by atoms with Crippen LogP contribution in [0, 0.1) is 0 Å². The molecule has 0 bridgehead atoms. The maximum Gasteiger partial charge on any atom is 0.412 e. The normalized spacial score (nSPS) is 11.6. The second-order valence-corrected chi connectivity index (χ2v) is 6.17. The number of benzene rings is 1. The van der Waals surface area contributed by atoms with Gasteiger partial charge in [-0.15, -0.1) is 11.3 Å². The largest absolute Gasteiger partial charge is 0.444 e. The number of aliphatic hydroxyl groups is 1. The molecule has 0 spiro atoms. The molecule has 4 nitrogen and oxygen atoms in total. The van der Waals surface area contributed by atoms with Crippen LogP contribution in [0.5, 0.6) is 0 Å². The minimum absolute atomic E-state index is 0.00408. The third-order valence-corrected chi connectivity index (χ3v) is 3.48. The lowest BCUT2D eigenvalue weighted by Crippen LogP contribution is -2.27. The Morgan fingerprint density at radius 1 is 1.42 bits per heavy atom. The minimum Gasteiger partial charge on any atom is -0.444 e. The summed E-state index contributed by atoms with van der Waals surface area (Å²) in [5, 5.41) is 14.8. The third kappa shape index (κ3) is 3.45. The van der Waals surface area contributed by atoms with Gasteiger partial charge in [-0.2, -0.15) is 0 Å². The molecule has 0 saturated carbocycles. The molecule has 0 atom stereocenters. The van der Waals surface area contributed by atoms with Gasteiger partial charge in [0.15, 0.2) is 0 Å². The van der Waals surface area contributed by atoms with E-state index in [0.717, 1.165) is 15.6 Å². The molecule has 2 N–H and O–H groups in total. The number of rotatable bonds is 2. The molecule has 0 aliphatic heterocycles. The summed E-state index contributed by atoms with van der Waals surface area (Å²) in [7, 11) is 0. The molecular weight excluding hydrogens is 262 g/mol. The van der Waals surface area contributed by atoms with Gasteiger partial charge in [0.05, 0.1) is 6.61 Å². The molecule has 0 saturated heterocycles. The number of anilines is 1. The average Bonchev–Trinajstić information content (AvgIpc) is 2.68. The summed E-state index contributed by atoms with van der Waals surface area (Å²) in [4.78, 5) is 11.7. The zero-order chi connectivity index (χ0) is 14.0. The Morgan fingerprint density at radius 2 is 2.16 bits per heavy atom. The van der Waals surface area contributed by atoms with Crippen molar-refractivity contribution < 1.29 is 14.6 Å². The van der Waals surface area contributed by atoms with E-state index >= 15 is 0 Å². The Bertz CT molecular complexity index is 598. The van der Waals surface area contributed by atoms with E-state index in [9.17, 15) is 9.90 Å². The van der Waals surface area contributed by atoms with Crippen LogP contribution in [0.2, 0.25) is 0 Å². The summed E-state index contributed by atoms with van der Waals surface area (Å²) in [6.07, 6.45) is -0.479. The molecule has 0 fully saturated rings. The molecule has 1 aromatic heterocycles. The fourth-order valence-corrected chi connectivity index (χ4v) is 2.64. The molecule has 0 aliphatic carbocycles. The van der Waals surface area contributed by atoms with Crippen LogP contribution in [-0.2, 0) is 11.3 Å². The number of ether oxygens (including phenoxy) is 1. The Hall–Kier alpha value is -1.59. The number of hydrogen-bond donors (Lipinski definition) is 2. The molecule has 0 aliphatic rings. The zero-order valence-electron chi connectivity index (χ0n) is 11.2. The third-order valence-electron chi connectivity index (χ3n) is 2.47. The minimum atomic E-state index is -0.521. The number of fused-ring (bicyclic) bond motifs is 1. The lowest BCUT2D eigenvalue weighted by molar-refractivity contribution is 0.0636. The van der Waals surface area contributed by atoms with Gasteiger partial charge in [-0.1, -0.05) is 0 Å². The van der Waals surface area contributed by atoms with Crippen LogP contribution in [0.15, 0.2) is 23.6 Å². The summed E-state index contributed by atoms with van der Waals surface area (Å²) in [6.45, 7) is 5.45. The van der Waals surface area contributed by atoms with E-state index in [-0.39, 0.29) is 6.61 Å². The van der Waals surface area contributed by atoms with E-state index in [1.54, 1.807) is 11.3 Å². The number of hydrogen-bond acceptors (Lipinski definition) is 4. The molecule has 0 unspecified atom stereocenters. The maximum atomic E-state index is 11.7. The second-order valence-electron chi connectivity index (χ2n) is 5.26. The van der Waals surface area contributed by atoms with Crippen molar-refractivity contribution in [2.75, 3.05) is 5.32 Å². The van der Waals surface area contributed by atoms with Gasteiger partial charge in [0.2, 0.25) is 0 Å². The van der Waals surface area contributed by atoms with Gasteiger partial charge in [-0.05, 0) is 49.9 Å². The van der Waals surface area contributed by atoms with Gasteiger partial charge in [-0.3, -0.25) is 5.32 Å². The SMILES string of the molecule is CC(C)(C)OC(=O)Nc1ccc2scc(CO)c2c1. The van der Waals surface area contributed by atoms with E-state index in [4.69, 9.17) is 4.74 Å². The van der Waals surface area contributed by atoms with Crippen LogP contribution in [0.3, 0.4) is 0 Å². The molecule has 2 aromatic rings. The fraction of sp³-hybridized carbons (Fsp3) is 0.357. The Balaban J connectivity index is 2.19. The number of aliphatic hydroxyl groups excluding tert-OH is 1. The summed E-state index contributed by atoms with van der Waals surface area (Å²) in [5.41, 5.74) is 1.01. The number of carbonyl (C=O) groups is 1. The van der Waals surface area contributed by atoms with Crippen LogP contribution >= 0.6 is 11.3 Å². The molecule has 1 amide bonds. The van der Waals surface area contributed by atoms with Crippen LogP contribution < -0.4 is 5.32 Å². The summed E-state index contributed by atoms with van der Waals surface area (Å²) in [5.74, 6) is 0. The predicted molar refractivity (Wildman–Crippen MR) is 77.6 cm³/mol. The van der Waals surface area contributed by atoms with Crippen molar-refractivity contribution in [3.05, 3.63) is 29.1 Å². The summed E-state index contributed by atoms with van der Waals surface area (Å²) >= 11 is 1.57.